The van der Waals surface area contributed by atoms with Crippen LogP contribution >= 0.6 is 0 Å². The van der Waals surface area contributed by atoms with E-state index < -0.39 is 0 Å². The molecule has 0 bridgehead atoms. The van der Waals surface area contributed by atoms with Crippen LogP contribution in [0, 0.1) is 0 Å². The number of hydrogen-bond acceptors (Lipinski definition) is 3. The number of nitrogens with zero attached hydrogens (tertiary/aromatic N) is 2. The largest absolute Gasteiger partial charge is 0.311 e. The second-order valence-electron chi connectivity index (χ2n) is 6.64. The molecule has 0 aromatic rings. The lowest BCUT2D eigenvalue weighted by atomic mass is 10.0. The predicted molar refractivity (Wildman–Crippen MR) is 75.9 cm³/mol. The Bertz CT molecular complexity index is 256. The SMILES string of the molecule is CN1CCCC(NC2CCN(C3CC3)CC2)CC1. The molecule has 1 N–H and O–H groups in total. The number of piperidine rings is 1. The zero-order valence-electron chi connectivity index (χ0n) is 11.9. The summed E-state index contributed by atoms with van der Waals surface area (Å²) in [5.41, 5.74) is 0. The average molecular weight is 251 g/mol. The van der Waals surface area contributed by atoms with Gasteiger partial charge in [-0.15, -0.1) is 0 Å². The highest BCUT2D eigenvalue weighted by atomic mass is 15.2. The van der Waals surface area contributed by atoms with Gasteiger partial charge in [-0.2, -0.15) is 0 Å². The highest BCUT2D eigenvalue weighted by Gasteiger charge is 2.32. The van der Waals surface area contributed by atoms with E-state index in [1.54, 1.807) is 0 Å². The molecule has 0 radical (unpaired) electrons. The van der Waals surface area contributed by atoms with Crippen LogP contribution in [0.2, 0.25) is 0 Å². The summed E-state index contributed by atoms with van der Waals surface area (Å²) < 4.78 is 0. The van der Waals surface area contributed by atoms with Gasteiger partial charge in [0.05, 0.1) is 0 Å². The first kappa shape index (κ1) is 12.9. The van der Waals surface area contributed by atoms with E-state index in [9.17, 15) is 0 Å². The van der Waals surface area contributed by atoms with Gasteiger partial charge in [0.25, 0.3) is 0 Å². The molecule has 3 rings (SSSR count). The first-order valence-corrected chi connectivity index (χ1v) is 8.00. The summed E-state index contributed by atoms with van der Waals surface area (Å²) in [6.45, 7) is 5.25. The van der Waals surface area contributed by atoms with Crippen molar-refractivity contribution >= 4 is 0 Å². The summed E-state index contributed by atoms with van der Waals surface area (Å²) in [5.74, 6) is 0. The molecule has 104 valence electrons. The summed E-state index contributed by atoms with van der Waals surface area (Å²) in [6, 6.07) is 2.55. The van der Waals surface area contributed by atoms with E-state index in [2.05, 4.69) is 22.2 Å². The van der Waals surface area contributed by atoms with Gasteiger partial charge in [-0.05, 0) is 78.2 Å². The van der Waals surface area contributed by atoms with Gasteiger partial charge in [0.2, 0.25) is 0 Å². The van der Waals surface area contributed by atoms with Crippen LogP contribution in [0.5, 0.6) is 0 Å². The van der Waals surface area contributed by atoms with Crippen molar-refractivity contribution in [1.29, 1.82) is 0 Å². The summed E-state index contributed by atoms with van der Waals surface area (Å²) in [5, 5.41) is 3.94. The minimum atomic E-state index is 0.785. The number of nitrogens with one attached hydrogen (secondary N) is 1. The van der Waals surface area contributed by atoms with Gasteiger partial charge in [0, 0.05) is 18.1 Å². The maximum atomic E-state index is 3.94. The van der Waals surface area contributed by atoms with Crippen LogP contribution < -0.4 is 5.32 Å². The fourth-order valence-electron chi connectivity index (χ4n) is 3.61. The zero-order valence-corrected chi connectivity index (χ0v) is 11.9. The third-order valence-corrected chi connectivity index (χ3v) is 5.02. The monoisotopic (exact) mass is 251 g/mol. The van der Waals surface area contributed by atoms with Gasteiger partial charge >= 0.3 is 0 Å². The molecular weight excluding hydrogens is 222 g/mol. The first-order chi connectivity index (χ1) is 8.81. The van der Waals surface area contributed by atoms with Gasteiger partial charge in [-0.1, -0.05) is 0 Å². The Balaban J connectivity index is 1.40. The summed E-state index contributed by atoms with van der Waals surface area (Å²) in [4.78, 5) is 5.20. The zero-order chi connectivity index (χ0) is 12.4. The molecule has 18 heavy (non-hydrogen) atoms. The van der Waals surface area contributed by atoms with Gasteiger partial charge in [-0.25, -0.2) is 0 Å². The highest BCUT2D eigenvalue weighted by Crippen LogP contribution is 2.29. The second kappa shape index (κ2) is 5.89. The highest BCUT2D eigenvalue weighted by molar-refractivity contribution is 4.89. The van der Waals surface area contributed by atoms with Crippen molar-refractivity contribution in [2.75, 3.05) is 33.2 Å². The van der Waals surface area contributed by atoms with E-state index in [0.717, 1.165) is 18.1 Å². The smallest absolute Gasteiger partial charge is 0.00964 e. The summed E-state index contributed by atoms with van der Waals surface area (Å²) in [6.07, 6.45) is 9.79. The van der Waals surface area contributed by atoms with E-state index >= 15 is 0 Å². The van der Waals surface area contributed by atoms with Crippen LogP contribution in [0.15, 0.2) is 0 Å². The third-order valence-electron chi connectivity index (χ3n) is 5.02. The third kappa shape index (κ3) is 3.46. The Kier molecular flexibility index (Phi) is 4.22. The van der Waals surface area contributed by atoms with Crippen molar-refractivity contribution in [1.82, 2.24) is 15.1 Å². The molecule has 1 saturated carbocycles. The molecule has 3 heteroatoms. The number of likely N-dealkylation sites (tertiary alicyclic amines) is 2. The Morgan fingerprint density at radius 3 is 2.17 bits per heavy atom. The molecule has 0 aromatic carbocycles. The molecule has 2 aliphatic heterocycles. The lowest BCUT2D eigenvalue weighted by molar-refractivity contribution is 0.180. The van der Waals surface area contributed by atoms with Gasteiger partial charge in [0.1, 0.15) is 0 Å². The van der Waals surface area contributed by atoms with Gasteiger partial charge in [0.15, 0.2) is 0 Å². The van der Waals surface area contributed by atoms with Crippen LogP contribution in [0.25, 0.3) is 0 Å². The summed E-state index contributed by atoms with van der Waals surface area (Å²) in [7, 11) is 2.26. The van der Waals surface area contributed by atoms with E-state index in [1.165, 1.54) is 71.1 Å². The Labute approximate surface area is 112 Å². The Morgan fingerprint density at radius 1 is 0.778 bits per heavy atom. The molecule has 3 aliphatic rings. The van der Waals surface area contributed by atoms with Crippen molar-refractivity contribution in [2.45, 2.75) is 63.1 Å². The van der Waals surface area contributed by atoms with E-state index in [1.807, 2.05) is 0 Å². The number of hydrogen-bond donors (Lipinski definition) is 1. The van der Waals surface area contributed by atoms with Crippen LogP contribution in [-0.4, -0.2) is 61.2 Å². The van der Waals surface area contributed by atoms with Crippen molar-refractivity contribution in [3.8, 4) is 0 Å². The minimum absolute atomic E-state index is 0.785. The Morgan fingerprint density at radius 2 is 1.44 bits per heavy atom. The van der Waals surface area contributed by atoms with Crippen molar-refractivity contribution in [2.24, 2.45) is 0 Å². The fourth-order valence-corrected chi connectivity index (χ4v) is 3.61. The van der Waals surface area contributed by atoms with Crippen LogP contribution in [0.4, 0.5) is 0 Å². The van der Waals surface area contributed by atoms with Crippen molar-refractivity contribution in [3.05, 3.63) is 0 Å². The first-order valence-electron chi connectivity index (χ1n) is 8.00. The molecule has 0 amide bonds. The molecule has 0 aromatic heterocycles. The molecule has 1 unspecified atom stereocenters. The maximum absolute atomic E-state index is 3.94. The average Bonchev–Trinajstić information content (AvgIpc) is 3.20. The second-order valence-corrected chi connectivity index (χ2v) is 6.64. The quantitative estimate of drug-likeness (QED) is 0.823. The number of rotatable bonds is 3. The molecule has 1 aliphatic carbocycles. The van der Waals surface area contributed by atoms with E-state index in [4.69, 9.17) is 0 Å². The van der Waals surface area contributed by atoms with E-state index in [-0.39, 0.29) is 0 Å². The molecule has 3 nitrogen and oxygen atoms in total. The van der Waals surface area contributed by atoms with Crippen LogP contribution in [-0.2, 0) is 0 Å². The molecule has 2 heterocycles. The van der Waals surface area contributed by atoms with Crippen molar-refractivity contribution < 1.29 is 0 Å². The van der Waals surface area contributed by atoms with Crippen LogP contribution in [0.3, 0.4) is 0 Å². The topological polar surface area (TPSA) is 18.5 Å². The molecular formula is C15H29N3. The van der Waals surface area contributed by atoms with E-state index in [0.29, 0.717) is 0 Å². The summed E-state index contributed by atoms with van der Waals surface area (Å²) >= 11 is 0. The molecule has 3 fully saturated rings. The minimum Gasteiger partial charge on any atom is -0.311 e. The Hall–Kier alpha value is -0.120. The lowest BCUT2D eigenvalue weighted by Crippen LogP contribution is -2.46. The normalized spacial score (nSPS) is 33.5. The molecule has 2 saturated heterocycles. The van der Waals surface area contributed by atoms with Gasteiger partial charge in [-0.3, -0.25) is 0 Å². The maximum Gasteiger partial charge on any atom is 0.00964 e. The standard InChI is InChI=1S/C15H29N3/c1-17-9-2-3-13(6-10-17)16-14-7-11-18(12-8-14)15-4-5-15/h13-16H,2-12H2,1H3. The van der Waals surface area contributed by atoms with Crippen LogP contribution in [0.1, 0.15) is 44.9 Å². The lowest BCUT2D eigenvalue weighted by Gasteiger charge is -2.34. The predicted octanol–water partition coefficient (Wildman–Crippen LogP) is 1.69. The molecule has 1 atom stereocenters. The van der Waals surface area contributed by atoms with Gasteiger partial charge < -0.3 is 15.1 Å². The fraction of sp³-hybridized carbons (Fsp3) is 1.00. The van der Waals surface area contributed by atoms with Crippen molar-refractivity contribution in [3.63, 3.8) is 0 Å². The molecule has 0 spiro atoms.